The van der Waals surface area contributed by atoms with Gasteiger partial charge in [-0.1, -0.05) is 34.1 Å². The molecular weight excluding hydrogens is 332 g/mol. The Hall–Kier alpha value is -2.01. The maximum Gasteiger partial charge on any atom is 0.319 e. The second-order valence-corrected chi connectivity index (χ2v) is 5.53. The number of benzene rings is 2. The molecule has 0 aliphatic rings. The van der Waals surface area contributed by atoms with E-state index >= 15 is 0 Å². The molecule has 0 atom stereocenters. The van der Waals surface area contributed by atoms with Crippen LogP contribution in [0.2, 0.25) is 0 Å². The number of methoxy groups -OCH3 is 1. The summed E-state index contributed by atoms with van der Waals surface area (Å²) in [7, 11) is 1.63. The molecule has 0 aliphatic carbocycles. The van der Waals surface area contributed by atoms with E-state index in [-0.39, 0.29) is 6.03 Å². The molecule has 0 heterocycles. The summed E-state index contributed by atoms with van der Waals surface area (Å²) >= 11 is 3.39. The van der Waals surface area contributed by atoms with E-state index in [1.807, 2.05) is 49.4 Å². The minimum absolute atomic E-state index is 0.230. The molecule has 4 nitrogen and oxygen atoms in total. The van der Waals surface area contributed by atoms with Crippen LogP contribution in [0.3, 0.4) is 0 Å². The summed E-state index contributed by atoms with van der Waals surface area (Å²) in [5, 5.41) is 5.66. The number of amides is 2. The number of carbonyl (C=O) groups excluding carboxylic acids is 1. The lowest BCUT2D eigenvalue weighted by Gasteiger charge is -2.10. The summed E-state index contributed by atoms with van der Waals surface area (Å²) in [5.74, 6) is 0.799. The van der Waals surface area contributed by atoms with E-state index in [4.69, 9.17) is 4.74 Å². The van der Waals surface area contributed by atoms with Gasteiger partial charge in [0.05, 0.1) is 7.11 Å². The van der Waals surface area contributed by atoms with Crippen molar-refractivity contribution in [2.75, 3.05) is 12.4 Å². The van der Waals surface area contributed by atoms with Gasteiger partial charge in [0.15, 0.2) is 0 Å². The van der Waals surface area contributed by atoms with Crippen molar-refractivity contribution >= 4 is 27.6 Å². The zero-order chi connectivity index (χ0) is 15.2. The summed E-state index contributed by atoms with van der Waals surface area (Å²) in [6.07, 6.45) is 0. The first-order chi connectivity index (χ1) is 10.1. The van der Waals surface area contributed by atoms with Gasteiger partial charge in [0.25, 0.3) is 0 Å². The highest BCUT2D eigenvalue weighted by atomic mass is 79.9. The van der Waals surface area contributed by atoms with Gasteiger partial charge in [-0.2, -0.15) is 0 Å². The molecule has 5 heteroatoms. The Kier molecular flexibility index (Phi) is 5.22. The van der Waals surface area contributed by atoms with Gasteiger partial charge >= 0.3 is 6.03 Å². The van der Waals surface area contributed by atoms with Crippen molar-refractivity contribution in [2.24, 2.45) is 0 Å². The van der Waals surface area contributed by atoms with Gasteiger partial charge in [-0.05, 0) is 42.3 Å². The number of anilines is 1. The Morgan fingerprint density at radius 3 is 2.57 bits per heavy atom. The molecule has 0 bridgehead atoms. The molecule has 0 unspecified atom stereocenters. The van der Waals surface area contributed by atoms with E-state index in [1.165, 1.54) is 0 Å². The number of hydrogen-bond donors (Lipinski definition) is 2. The summed E-state index contributed by atoms with van der Waals surface area (Å²) in [6.45, 7) is 2.41. The summed E-state index contributed by atoms with van der Waals surface area (Å²) < 4.78 is 6.02. The molecule has 2 amide bonds. The van der Waals surface area contributed by atoms with E-state index in [0.717, 1.165) is 27.0 Å². The van der Waals surface area contributed by atoms with E-state index in [1.54, 1.807) is 7.11 Å². The molecule has 0 saturated heterocycles. The van der Waals surface area contributed by atoms with E-state index in [2.05, 4.69) is 26.6 Å². The maximum absolute atomic E-state index is 11.9. The number of hydrogen-bond acceptors (Lipinski definition) is 2. The van der Waals surface area contributed by atoms with Crippen molar-refractivity contribution in [3.8, 4) is 5.75 Å². The number of carbonyl (C=O) groups is 1. The van der Waals surface area contributed by atoms with Crippen LogP contribution in [0.5, 0.6) is 5.75 Å². The Morgan fingerprint density at radius 1 is 1.19 bits per heavy atom. The smallest absolute Gasteiger partial charge is 0.319 e. The fourth-order valence-corrected chi connectivity index (χ4v) is 2.18. The molecule has 21 heavy (non-hydrogen) atoms. The largest absolute Gasteiger partial charge is 0.497 e. The summed E-state index contributed by atoms with van der Waals surface area (Å²) in [4.78, 5) is 11.9. The molecule has 0 aromatic heterocycles. The monoisotopic (exact) mass is 348 g/mol. The van der Waals surface area contributed by atoms with Crippen LogP contribution in [-0.2, 0) is 6.54 Å². The van der Waals surface area contributed by atoms with Crippen LogP contribution in [-0.4, -0.2) is 13.1 Å². The molecular formula is C16H17BrN2O2. The van der Waals surface area contributed by atoms with E-state index in [0.29, 0.717) is 6.54 Å². The molecule has 2 aromatic carbocycles. The fraction of sp³-hybridized carbons (Fsp3) is 0.188. The third-order valence-corrected chi connectivity index (χ3v) is 3.55. The molecule has 110 valence electrons. The molecule has 2 N–H and O–H groups in total. The third-order valence-electron chi connectivity index (χ3n) is 3.06. The first-order valence-corrected chi connectivity index (χ1v) is 7.31. The molecule has 0 saturated carbocycles. The van der Waals surface area contributed by atoms with Crippen LogP contribution in [0.1, 0.15) is 11.1 Å². The Balaban J connectivity index is 1.91. The van der Waals surface area contributed by atoms with Crippen LogP contribution in [0, 0.1) is 6.92 Å². The molecule has 0 fully saturated rings. The first kappa shape index (κ1) is 15.4. The number of ether oxygens (including phenoxy) is 1. The predicted octanol–water partition coefficient (Wildman–Crippen LogP) is 4.09. The number of nitrogens with one attached hydrogen (secondary N) is 2. The standard InChI is InChI=1S/C16H17BrN2O2/c1-11-3-6-13(17)9-15(11)19-16(20)18-10-12-4-7-14(21-2)8-5-12/h3-9H,10H2,1-2H3,(H2,18,19,20). The van der Waals surface area contributed by atoms with Gasteiger partial charge in [-0.3, -0.25) is 0 Å². The van der Waals surface area contributed by atoms with Gasteiger partial charge < -0.3 is 15.4 Å². The minimum atomic E-state index is -0.230. The molecule has 0 spiro atoms. The van der Waals surface area contributed by atoms with Crippen LogP contribution in [0.25, 0.3) is 0 Å². The van der Waals surface area contributed by atoms with Crippen molar-refractivity contribution in [1.29, 1.82) is 0 Å². The Labute approximate surface area is 132 Å². The lowest BCUT2D eigenvalue weighted by molar-refractivity contribution is 0.251. The highest BCUT2D eigenvalue weighted by Gasteiger charge is 2.05. The zero-order valence-electron chi connectivity index (χ0n) is 11.9. The fourth-order valence-electron chi connectivity index (χ4n) is 1.82. The van der Waals surface area contributed by atoms with Crippen LogP contribution >= 0.6 is 15.9 Å². The number of rotatable bonds is 4. The van der Waals surface area contributed by atoms with Gasteiger partial charge in [-0.25, -0.2) is 4.79 Å². The molecule has 2 rings (SSSR count). The summed E-state index contributed by atoms with van der Waals surface area (Å²) in [6, 6.07) is 13.1. The average Bonchev–Trinajstić information content (AvgIpc) is 2.49. The topological polar surface area (TPSA) is 50.4 Å². The van der Waals surface area contributed by atoms with Gasteiger partial charge in [0.2, 0.25) is 0 Å². The van der Waals surface area contributed by atoms with Crippen molar-refractivity contribution in [3.63, 3.8) is 0 Å². The highest BCUT2D eigenvalue weighted by molar-refractivity contribution is 9.10. The van der Waals surface area contributed by atoms with Gasteiger partial charge in [0, 0.05) is 16.7 Å². The second kappa shape index (κ2) is 7.13. The minimum Gasteiger partial charge on any atom is -0.497 e. The van der Waals surface area contributed by atoms with Crippen molar-refractivity contribution in [3.05, 3.63) is 58.1 Å². The average molecular weight is 349 g/mol. The van der Waals surface area contributed by atoms with Crippen molar-refractivity contribution in [1.82, 2.24) is 5.32 Å². The van der Waals surface area contributed by atoms with Crippen LogP contribution < -0.4 is 15.4 Å². The second-order valence-electron chi connectivity index (χ2n) is 4.61. The highest BCUT2D eigenvalue weighted by Crippen LogP contribution is 2.20. The van der Waals surface area contributed by atoms with Crippen molar-refractivity contribution < 1.29 is 9.53 Å². The first-order valence-electron chi connectivity index (χ1n) is 6.52. The SMILES string of the molecule is COc1ccc(CNC(=O)Nc2cc(Br)ccc2C)cc1. The van der Waals surface area contributed by atoms with E-state index < -0.39 is 0 Å². The van der Waals surface area contributed by atoms with Gasteiger partial charge in [-0.15, -0.1) is 0 Å². The number of aryl methyl sites for hydroxylation is 1. The summed E-state index contributed by atoms with van der Waals surface area (Å²) in [5.41, 5.74) is 2.81. The number of halogens is 1. The Morgan fingerprint density at radius 2 is 1.90 bits per heavy atom. The zero-order valence-corrected chi connectivity index (χ0v) is 13.5. The predicted molar refractivity (Wildman–Crippen MR) is 87.7 cm³/mol. The third kappa shape index (κ3) is 4.49. The lowest BCUT2D eigenvalue weighted by Crippen LogP contribution is -2.28. The van der Waals surface area contributed by atoms with Gasteiger partial charge in [0.1, 0.15) is 5.75 Å². The normalized spacial score (nSPS) is 10.0. The quantitative estimate of drug-likeness (QED) is 0.874. The molecule has 2 aromatic rings. The van der Waals surface area contributed by atoms with Crippen molar-refractivity contribution in [2.45, 2.75) is 13.5 Å². The lowest BCUT2D eigenvalue weighted by atomic mass is 10.2. The maximum atomic E-state index is 11.9. The number of urea groups is 1. The molecule has 0 aliphatic heterocycles. The molecule has 0 radical (unpaired) electrons. The Bertz CT molecular complexity index is 627. The van der Waals surface area contributed by atoms with E-state index in [9.17, 15) is 4.79 Å². The van der Waals surface area contributed by atoms with Crippen LogP contribution in [0.4, 0.5) is 10.5 Å². The van der Waals surface area contributed by atoms with Crippen LogP contribution in [0.15, 0.2) is 46.9 Å².